The molecular formula is C24H19BrN6O3S2. The topological polar surface area (TPSA) is 138 Å². The third-order valence-electron chi connectivity index (χ3n) is 5.80. The minimum Gasteiger partial charge on any atom is -0.468 e. The van der Waals surface area contributed by atoms with Crippen LogP contribution >= 0.6 is 39.0 Å². The second-order valence-electron chi connectivity index (χ2n) is 8.00. The van der Waals surface area contributed by atoms with E-state index in [2.05, 4.69) is 37.5 Å². The Morgan fingerprint density at radius 3 is 2.89 bits per heavy atom. The van der Waals surface area contributed by atoms with E-state index in [9.17, 15) is 14.9 Å². The maximum Gasteiger partial charge on any atom is 0.234 e. The lowest BCUT2D eigenvalue weighted by atomic mass is 9.78. The minimum absolute atomic E-state index is 0.0363. The summed E-state index contributed by atoms with van der Waals surface area (Å²) in [5.41, 5.74) is 8.65. The Morgan fingerprint density at radius 2 is 2.14 bits per heavy atom. The second-order valence-corrected chi connectivity index (χ2v) is 11.0. The predicted octanol–water partition coefficient (Wildman–Crippen LogP) is 4.93. The van der Waals surface area contributed by atoms with Gasteiger partial charge in [0.2, 0.25) is 11.0 Å². The van der Waals surface area contributed by atoms with Crippen LogP contribution in [0.4, 0.5) is 10.8 Å². The van der Waals surface area contributed by atoms with Gasteiger partial charge in [0.25, 0.3) is 0 Å². The molecule has 2 aromatic heterocycles. The molecular weight excluding hydrogens is 564 g/mol. The normalized spacial score (nSPS) is 17.7. The van der Waals surface area contributed by atoms with Gasteiger partial charge in [-0.1, -0.05) is 35.2 Å². The van der Waals surface area contributed by atoms with Crippen molar-refractivity contribution < 1.29 is 14.0 Å². The van der Waals surface area contributed by atoms with Gasteiger partial charge in [0.05, 0.1) is 35.3 Å². The molecule has 9 nitrogen and oxygen atoms in total. The van der Waals surface area contributed by atoms with Crippen LogP contribution in [0.2, 0.25) is 0 Å². The van der Waals surface area contributed by atoms with E-state index in [1.54, 1.807) is 23.1 Å². The van der Waals surface area contributed by atoms with Gasteiger partial charge >= 0.3 is 0 Å². The summed E-state index contributed by atoms with van der Waals surface area (Å²) < 4.78 is 6.94. The number of para-hydroxylation sites is 1. The van der Waals surface area contributed by atoms with Gasteiger partial charge in [0, 0.05) is 22.2 Å². The number of allylic oxidation sites excluding steroid dienone is 3. The first kappa shape index (κ1) is 24.3. The van der Waals surface area contributed by atoms with Crippen LogP contribution in [0.25, 0.3) is 0 Å². The molecule has 1 amide bonds. The van der Waals surface area contributed by atoms with Crippen molar-refractivity contribution in [3.8, 4) is 6.07 Å². The van der Waals surface area contributed by atoms with Crippen molar-refractivity contribution in [1.29, 1.82) is 5.26 Å². The van der Waals surface area contributed by atoms with Crippen LogP contribution in [-0.2, 0) is 9.59 Å². The van der Waals surface area contributed by atoms with Crippen LogP contribution < -0.4 is 16.0 Å². The van der Waals surface area contributed by atoms with E-state index in [-0.39, 0.29) is 28.8 Å². The molecule has 12 heteroatoms. The van der Waals surface area contributed by atoms with E-state index in [0.29, 0.717) is 51.5 Å². The molecule has 0 bridgehead atoms. The van der Waals surface area contributed by atoms with Gasteiger partial charge in [-0.05, 0) is 53.0 Å². The highest BCUT2D eigenvalue weighted by molar-refractivity contribution is 9.10. The van der Waals surface area contributed by atoms with Crippen molar-refractivity contribution in [3.05, 3.63) is 75.6 Å². The molecule has 0 saturated heterocycles. The summed E-state index contributed by atoms with van der Waals surface area (Å²) in [5.74, 6) is -0.0275. The number of benzene rings is 1. The number of thioether (sulfide) groups is 1. The van der Waals surface area contributed by atoms with Crippen LogP contribution in [0.3, 0.4) is 0 Å². The number of furan rings is 1. The standard InChI is InChI=1S/C24H19BrN6O3S2/c25-14-5-1-2-6-15(14)28-19(33)12-35-24-30-29-23(36-24)31-16-7-3-8-17(32)21(16)20(13(11-26)22(31)27)18-9-4-10-34-18/h1-2,4-6,9-10,20H,3,7-8,12,27H2,(H,28,33). The van der Waals surface area contributed by atoms with Crippen LogP contribution in [0.15, 0.2) is 78.6 Å². The Morgan fingerprint density at radius 1 is 1.31 bits per heavy atom. The first-order valence-corrected chi connectivity index (χ1v) is 13.6. The molecule has 1 aliphatic heterocycles. The lowest BCUT2D eigenvalue weighted by Crippen LogP contribution is -2.38. The number of rotatable bonds is 6. The van der Waals surface area contributed by atoms with E-state index >= 15 is 0 Å². The molecule has 3 aromatic rings. The molecule has 0 fully saturated rings. The molecule has 0 saturated carbocycles. The number of nitrogens with one attached hydrogen (secondary N) is 1. The SMILES string of the molecule is N#CC1=C(N)N(c2nnc(SCC(=O)Nc3ccccc3Br)s2)C2=C(C(=O)CCC2)C1c1ccco1. The van der Waals surface area contributed by atoms with Crippen LogP contribution in [-0.4, -0.2) is 27.6 Å². The number of halogens is 1. The van der Waals surface area contributed by atoms with E-state index in [1.165, 1.54) is 29.4 Å². The molecule has 3 N–H and O–H groups in total. The summed E-state index contributed by atoms with van der Waals surface area (Å²) >= 11 is 5.91. The van der Waals surface area contributed by atoms with Crippen molar-refractivity contribution in [2.75, 3.05) is 16.0 Å². The molecule has 1 unspecified atom stereocenters. The Hall–Kier alpha value is -3.40. The molecule has 0 radical (unpaired) electrons. The van der Waals surface area contributed by atoms with E-state index in [0.717, 1.165) is 4.47 Å². The summed E-state index contributed by atoms with van der Waals surface area (Å²) in [6, 6.07) is 13.0. The number of Topliss-reactive ketones (excluding diaryl/α,β-unsaturated/α-hetero) is 1. The Balaban J connectivity index is 1.40. The van der Waals surface area contributed by atoms with Crippen LogP contribution in [0.1, 0.15) is 30.9 Å². The largest absolute Gasteiger partial charge is 0.468 e. The van der Waals surface area contributed by atoms with Crippen molar-refractivity contribution in [2.24, 2.45) is 5.73 Å². The maximum absolute atomic E-state index is 13.1. The summed E-state index contributed by atoms with van der Waals surface area (Å²) in [6.45, 7) is 0. The average Bonchev–Trinajstić information content (AvgIpc) is 3.56. The summed E-state index contributed by atoms with van der Waals surface area (Å²) in [7, 11) is 0. The second kappa shape index (κ2) is 10.3. The smallest absolute Gasteiger partial charge is 0.234 e. The number of nitrogens with two attached hydrogens (primary N) is 1. The zero-order valence-corrected chi connectivity index (χ0v) is 22.0. The first-order valence-electron chi connectivity index (χ1n) is 11.0. The van der Waals surface area contributed by atoms with Crippen molar-refractivity contribution in [1.82, 2.24) is 10.2 Å². The number of hydrogen-bond donors (Lipinski definition) is 2. The number of amides is 1. The van der Waals surface area contributed by atoms with Gasteiger partial charge < -0.3 is 15.5 Å². The Labute approximate surface area is 223 Å². The monoisotopic (exact) mass is 582 g/mol. The van der Waals surface area contributed by atoms with Gasteiger partial charge in [0.15, 0.2) is 10.1 Å². The summed E-state index contributed by atoms with van der Waals surface area (Å²) in [5, 5.41) is 21.8. The van der Waals surface area contributed by atoms with Crippen LogP contribution in [0, 0.1) is 11.3 Å². The van der Waals surface area contributed by atoms with Gasteiger partial charge in [-0.2, -0.15) is 5.26 Å². The minimum atomic E-state index is -0.646. The number of carbonyl (C=O) groups is 2. The average molecular weight is 583 g/mol. The molecule has 182 valence electrons. The quantitative estimate of drug-likeness (QED) is 0.387. The zero-order chi connectivity index (χ0) is 25.2. The number of carbonyl (C=O) groups excluding carboxylic acids is 2. The maximum atomic E-state index is 13.1. The van der Waals surface area contributed by atoms with E-state index < -0.39 is 5.92 Å². The number of hydrogen-bond acceptors (Lipinski definition) is 10. The number of nitrogens with zero attached hydrogens (tertiary/aromatic N) is 4. The van der Waals surface area contributed by atoms with Gasteiger partial charge in [-0.15, -0.1) is 10.2 Å². The highest BCUT2D eigenvalue weighted by Crippen LogP contribution is 2.47. The van der Waals surface area contributed by atoms with Crippen LogP contribution in [0.5, 0.6) is 0 Å². The highest BCUT2D eigenvalue weighted by Gasteiger charge is 2.42. The molecule has 5 rings (SSSR count). The van der Waals surface area contributed by atoms with Crippen molar-refractivity contribution in [3.63, 3.8) is 0 Å². The molecule has 2 aliphatic rings. The number of anilines is 2. The third kappa shape index (κ3) is 4.57. The molecule has 1 aliphatic carbocycles. The lowest BCUT2D eigenvalue weighted by Gasteiger charge is -2.37. The fourth-order valence-corrected chi connectivity index (χ4v) is 6.34. The first-order chi connectivity index (χ1) is 17.5. The fourth-order valence-electron chi connectivity index (χ4n) is 4.27. The van der Waals surface area contributed by atoms with Crippen molar-refractivity contribution in [2.45, 2.75) is 29.5 Å². The zero-order valence-electron chi connectivity index (χ0n) is 18.7. The highest BCUT2D eigenvalue weighted by atomic mass is 79.9. The van der Waals surface area contributed by atoms with Gasteiger partial charge in [0.1, 0.15) is 11.6 Å². The number of nitriles is 1. The molecule has 3 heterocycles. The lowest BCUT2D eigenvalue weighted by molar-refractivity contribution is -0.116. The third-order valence-corrected chi connectivity index (χ3v) is 8.54. The van der Waals surface area contributed by atoms with E-state index in [1.807, 2.05) is 18.2 Å². The van der Waals surface area contributed by atoms with Crippen molar-refractivity contribution >= 4 is 61.5 Å². The number of ketones is 1. The Kier molecular flexibility index (Phi) is 6.95. The number of aromatic nitrogens is 2. The van der Waals surface area contributed by atoms with Gasteiger partial charge in [-0.25, -0.2) is 0 Å². The molecule has 36 heavy (non-hydrogen) atoms. The molecule has 0 spiro atoms. The molecule has 1 aromatic carbocycles. The summed E-state index contributed by atoms with van der Waals surface area (Å²) in [6.07, 6.45) is 3.19. The molecule has 1 atom stereocenters. The van der Waals surface area contributed by atoms with Gasteiger partial charge in [-0.3, -0.25) is 14.5 Å². The fraction of sp³-hybridized carbons (Fsp3) is 0.208. The summed E-state index contributed by atoms with van der Waals surface area (Å²) in [4.78, 5) is 27.1. The predicted molar refractivity (Wildman–Crippen MR) is 140 cm³/mol. The van der Waals surface area contributed by atoms with E-state index in [4.69, 9.17) is 10.2 Å². The Bertz CT molecular complexity index is 1440.